The van der Waals surface area contributed by atoms with E-state index in [1.165, 1.54) is 0 Å². The molecule has 1 rings (SSSR count). The molecule has 0 unspecified atom stereocenters. The van der Waals surface area contributed by atoms with Gasteiger partial charge in [0.2, 0.25) is 0 Å². The second-order valence-electron chi connectivity index (χ2n) is 4.62. The van der Waals surface area contributed by atoms with Gasteiger partial charge in [0.05, 0.1) is 13.2 Å². The van der Waals surface area contributed by atoms with Crippen LogP contribution in [0.2, 0.25) is 0 Å². The van der Waals surface area contributed by atoms with Gasteiger partial charge < -0.3 is 9.47 Å². The number of carbonyl (C=O) groups is 2. The Kier molecular flexibility index (Phi) is 4.97. The molecule has 0 bridgehead atoms. The summed E-state index contributed by atoms with van der Waals surface area (Å²) in [5.41, 5.74) is -1.12. The lowest BCUT2D eigenvalue weighted by molar-refractivity contribution is -0.175. The Balaban J connectivity index is 2.89. The number of hydrogen-bond donors (Lipinski definition) is 0. The number of rotatable bonds is 5. The van der Waals surface area contributed by atoms with Crippen molar-refractivity contribution >= 4 is 11.9 Å². The van der Waals surface area contributed by atoms with Crippen molar-refractivity contribution in [2.24, 2.45) is 11.3 Å². The zero-order chi connectivity index (χ0) is 12.9. The van der Waals surface area contributed by atoms with Gasteiger partial charge in [-0.25, -0.2) is 0 Å². The minimum absolute atomic E-state index is 0.0561. The molecule has 4 heteroatoms. The molecule has 0 atom stereocenters. The number of carbonyl (C=O) groups excluding carboxylic acids is 2. The van der Waals surface area contributed by atoms with E-state index in [1.54, 1.807) is 20.8 Å². The fraction of sp³-hybridized carbons (Fsp3) is 0.846. The van der Waals surface area contributed by atoms with Crippen molar-refractivity contribution < 1.29 is 19.1 Å². The predicted octanol–water partition coefficient (Wildman–Crippen LogP) is 2.31. The Morgan fingerprint density at radius 3 is 1.82 bits per heavy atom. The zero-order valence-corrected chi connectivity index (χ0v) is 11.0. The van der Waals surface area contributed by atoms with Crippen molar-refractivity contribution in [2.75, 3.05) is 13.2 Å². The van der Waals surface area contributed by atoms with Gasteiger partial charge in [-0.2, -0.15) is 0 Å². The van der Waals surface area contributed by atoms with Gasteiger partial charge in [-0.3, -0.25) is 9.59 Å². The van der Waals surface area contributed by atoms with Crippen molar-refractivity contribution in [3.8, 4) is 0 Å². The highest BCUT2D eigenvalue weighted by Crippen LogP contribution is 2.41. The smallest absolute Gasteiger partial charge is 0.323 e. The molecule has 0 radical (unpaired) electrons. The van der Waals surface area contributed by atoms with Gasteiger partial charge in [-0.1, -0.05) is 12.8 Å². The lowest BCUT2D eigenvalue weighted by atomic mass is 9.76. The van der Waals surface area contributed by atoms with Crippen molar-refractivity contribution in [2.45, 2.75) is 46.5 Å². The molecule has 0 N–H and O–H groups in total. The van der Waals surface area contributed by atoms with Crippen LogP contribution in [0.25, 0.3) is 0 Å². The molecule has 0 heterocycles. The molecule has 0 aromatic carbocycles. The van der Waals surface area contributed by atoms with Crippen LogP contribution in [0.15, 0.2) is 0 Å². The summed E-state index contributed by atoms with van der Waals surface area (Å²) < 4.78 is 10.1. The van der Waals surface area contributed by atoms with E-state index in [1.807, 2.05) is 0 Å². The first kappa shape index (κ1) is 14.0. The Morgan fingerprint density at radius 2 is 1.47 bits per heavy atom. The quantitative estimate of drug-likeness (QED) is 0.548. The van der Waals surface area contributed by atoms with E-state index in [0.29, 0.717) is 13.2 Å². The first-order chi connectivity index (χ1) is 8.07. The van der Waals surface area contributed by atoms with E-state index >= 15 is 0 Å². The average molecular weight is 242 g/mol. The molecule has 0 aromatic heterocycles. The Hall–Kier alpha value is -1.06. The van der Waals surface area contributed by atoms with Crippen molar-refractivity contribution in [3.63, 3.8) is 0 Å². The molecule has 1 fully saturated rings. The summed E-state index contributed by atoms with van der Waals surface area (Å²) in [5, 5.41) is 0. The monoisotopic (exact) mass is 242 g/mol. The molecule has 0 spiro atoms. The topological polar surface area (TPSA) is 52.6 Å². The highest BCUT2D eigenvalue weighted by molar-refractivity contribution is 6.00. The Morgan fingerprint density at radius 1 is 1.06 bits per heavy atom. The minimum atomic E-state index is -1.12. The standard InChI is InChI=1S/C13H22O4/c1-4-16-11(14)13(3,12(15)17-5-2)10-8-6-7-9-10/h10H,4-9H2,1-3H3. The summed E-state index contributed by atoms with van der Waals surface area (Å²) in [4.78, 5) is 24.1. The van der Waals surface area contributed by atoms with Gasteiger partial charge in [0.1, 0.15) is 0 Å². The van der Waals surface area contributed by atoms with Gasteiger partial charge in [-0.15, -0.1) is 0 Å². The molecular weight excluding hydrogens is 220 g/mol. The second-order valence-corrected chi connectivity index (χ2v) is 4.62. The van der Waals surface area contributed by atoms with Crippen LogP contribution in [0, 0.1) is 11.3 Å². The Bertz CT molecular complexity index is 261. The first-order valence-corrected chi connectivity index (χ1v) is 6.41. The largest absolute Gasteiger partial charge is 0.465 e. The summed E-state index contributed by atoms with van der Waals surface area (Å²) in [6.45, 7) is 5.75. The summed E-state index contributed by atoms with van der Waals surface area (Å²) >= 11 is 0. The van der Waals surface area contributed by atoms with Crippen LogP contribution in [0.5, 0.6) is 0 Å². The van der Waals surface area contributed by atoms with Crippen LogP contribution in [0.1, 0.15) is 46.5 Å². The van der Waals surface area contributed by atoms with Gasteiger partial charge in [0, 0.05) is 0 Å². The van der Waals surface area contributed by atoms with Gasteiger partial charge in [0.15, 0.2) is 5.41 Å². The van der Waals surface area contributed by atoms with Crippen LogP contribution in [-0.2, 0) is 19.1 Å². The third-order valence-corrected chi connectivity index (χ3v) is 3.57. The number of hydrogen-bond acceptors (Lipinski definition) is 4. The van der Waals surface area contributed by atoms with Crippen LogP contribution >= 0.6 is 0 Å². The van der Waals surface area contributed by atoms with Crippen LogP contribution in [0.4, 0.5) is 0 Å². The van der Waals surface area contributed by atoms with Crippen LogP contribution in [0.3, 0.4) is 0 Å². The van der Waals surface area contributed by atoms with E-state index in [9.17, 15) is 9.59 Å². The van der Waals surface area contributed by atoms with Gasteiger partial charge in [-0.05, 0) is 39.5 Å². The molecule has 0 aliphatic heterocycles. The van der Waals surface area contributed by atoms with Crippen LogP contribution in [-0.4, -0.2) is 25.2 Å². The molecule has 1 saturated carbocycles. The number of esters is 2. The summed E-state index contributed by atoms with van der Waals surface area (Å²) in [7, 11) is 0. The molecule has 0 saturated heterocycles. The molecule has 4 nitrogen and oxygen atoms in total. The maximum absolute atomic E-state index is 12.0. The van der Waals surface area contributed by atoms with Crippen molar-refractivity contribution in [3.05, 3.63) is 0 Å². The first-order valence-electron chi connectivity index (χ1n) is 6.41. The highest BCUT2D eigenvalue weighted by Gasteiger charge is 2.51. The zero-order valence-electron chi connectivity index (χ0n) is 11.0. The average Bonchev–Trinajstić information content (AvgIpc) is 2.82. The van der Waals surface area contributed by atoms with E-state index in [2.05, 4.69) is 0 Å². The third kappa shape index (κ3) is 2.79. The van der Waals surface area contributed by atoms with Crippen molar-refractivity contribution in [1.82, 2.24) is 0 Å². The van der Waals surface area contributed by atoms with Crippen molar-refractivity contribution in [1.29, 1.82) is 0 Å². The highest BCUT2D eigenvalue weighted by atomic mass is 16.6. The summed E-state index contributed by atoms with van der Waals surface area (Å²) in [6, 6.07) is 0. The SMILES string of the molecule is CCOC(=O)C(C)(C(=O)OCC)C1CCCC1. The molecule has 1 aliphatic carbocycles. The molecule has 0 amide bonds. The maximum Gasteiger partial charge on any atom is 0.323 e. The van der Waals surface area contributed by atoms with Gasteiger partial charge >= 0.3 is 11.9 Å². The molecule has 1 aliphatic rings. The van der Waals surface area contributed by atoms with Crippen LogP contribution < -0.4 is 0 Å². The second kappa shape index (κ2) is 6.03. The molecule has 98 valence electrons. The lowest BCUT2D eigenvalue weighted by Crippen LogP contribution is -2.44. The van der Waals surface area contributed by atoms with Gasteiger partial charge in [0.25, 0.3) is 0 Å². The normalized spacial score (nSPS) is 16.9. The maximum atomic E-state index is 12.0. The Labute approximate surface area is 103 Å². The molecule has 17 heavy (non-hydrogen) atoms. The fourth-order valence-corrected chi connectivity index (χ4v) is 2.48. The number of ether oxygens (including phenoxy) is 2. The third-order valence-electron chi connectivity index (χ3n) is 3.57. The summed E-state index contributed by atoms with van der Waals surface area (Å²) in [6.07, 6.45) is 3.93. The van der Waals surface area contributed by atoms with E-state index in [-0.39, 0.29) is 5.92 Å². The van der Waals surface area contributed by atoms with E-state index in [4.69, 9.17) is 9.47 Å². The predicted molar refractivity (Wildman–Crippen MR) is 63.3 cm³/mol. The fourth-order valence-electron chi connectivity index (χ4n) is 2.48. The van der Waals surface area contributed by atoms with E-state index < -0.39 is 17.4 Å². The van der Waals surface area contributed by atoms with E-state index in [0.717, 1.165) is 25.7 Å². The molecular formula is C13H22O4. The lowest BCUT2D eigenvalue weighted by Gasteiger charge is -2.30. The minimum Gasteiger partial charge on any atom is -0.465 e. The summed E-state index contributed by atoms with van der Waals surface area (Å²) in [5.74, 6) is -0.823. The molecule has 0 aromatic rings.